The second-order valence-corrected chi connectivity index (χ2v) is 5.96. The summed E-state index contributed by atoms with van der Waals surface area (Å²) in [7, 11) is -3.56. The molecule has 0 bridgehead atoms. The zero-order valence-corrected chi connectivity index (χ0v) is 11.9. The van der Waals surface area contributed by atoms with E-state index >= 15 is 0 Å². The monoisotopic (exact) mass is 285 g/mol. The van der Waals surface area contributed by atoms with Crippen LogP contribution in [0.15, 0.2) is 23.1 Å². The van der Waals surface area contributed by atoms with Gasteiger partial charge in [-0.3, -0.25) is 4.79 Å². The molecule has 7 heteroatoms. The van der Waals surface area contributed by atoms with Gasteiger partial charge in [0, 0.05) is 19.2 Å². The normalized spacial score (nSPS) is 11.3. The molecule has 0 saturated carbocycles. The van der Waals surface area contributed by atoms with Gasteiger partial charge in [0.1, 0.15) is 0 Å². The number of hydrogen-bond acceptors (Lipinski definition) is 4. The van der Waals surface area contributed by atoms with Crippen molar-refractivity contribution in [1.82, 2.24) is 4.72 Å². The second kappa shape index (κ2) is 6.65. The van der Waals surface area contributed by atoms with E-state index in [9.17, 15) is 13.2 Å². The molecule has 1 aromatic carbocycles. The molecular formula is C12H19N3O3S. The fourth-order valence-corrected chi connectivity index (χ4v) is 2.58. The number of amides is 1. The Morgan fingerprint density at radius 3 is 2.63 bits per heavy atom. The van der Waals surface area contributed by atoms with Crippen LogP contribution < -0.4 is 15.8 Å². The number of aryl methyl sites for hydroxylation is 1. The van der Waals surface area contributed by atoms with Crippen LogP contribution in [-0.2, 0) is 14.8 Å². The highest BCUT2D eigenvalue weighted by molar-refractivity contribution is 7.89. The van der Waals surface area contributed by atoms with E-state index in [1.807, 2.05) is 0 Å². The number of sulfonamides is 1. The fraction of sp³-hybridized carbons (Fsp3) is 0.417. The van der Waals surface area contributed by atoms with Crippen LogP contribution in [0.1, 0.15) is 18.9 Å². The zero-order valence-electron chi connectivity index (χ0n) is 11.1. The van der Waals surface area contributed by atoms with Crippen molar-refractivity contribution in [2.45, 2.75) is 25.2 Å². The summed E-state index contributed by atoms with van der Waals surface area (Å²) in [5.41, 5.74) is 6.61. The van der Waals surface area contributed by atoms with Crippen LogP contribution in [0, 0.1) is 6.92 Å². The first kappa shape index (κ1) is 15.6. The Bertz CT molecular complexity index is 555. The molecule has 0 fully saturated rings. The van der Waals surface area contributed by atoms with E-state index in [-0.39, 0.29) is 10.8 Å². The van der Waals surface area contributed by atoms with Crippen molar-refractivity contribution in [1.29, 1.82) is 0 Å². The van der Waals surface area contributed by atoms with Gasteiger partial charge in [-0.25, -0.2) is 13.1 Å². The lowest BCUT2D eigenvalue weighted by molar-refractivity contribution is -0.114. The van der Waals surface area contributed by atoms with Crippen molar-refractivity contribution < 1.29 is 13.2 Å². The van der Waals surface area contributed by atoms with E-state index in [1.165, 1.54) is 19.1 Å². The minimum absolute atomic E-state index is 0.124. The molecule has 0 radical (unpaired) electrons. The second-order valence-electron chi connectivity index (χ2n) is 4.20. The van der Waals surface area contributed by atoms with Crippen molar-refractivity contribution >= 4 is 21.6 Å². The van der Waals surface area contributed by atoms with Gasteiger partial charge in [-0.15, -0.1) is 0 Å². The van der Waals surface area contributed by atoms with Gasteiger partial charge in [0.05, 0.1) is 4.90 Å². The number of nitrogens with one attached hydrogen (secondary N) is 2. The first-order valence-corrected chi connectivity index (χ1v) is 7.43. The number of hydrogen-bond donors (Lipinski definition) is 3. The van der Waals surface area contributed by atoms with Crippen molar-refractivity contribution in [3.05, 3.63) is 23.8 Å². The zero-order chi connectivity index (χ0) is 14.5. The Kier molecular flexibility index (Phi) is 5.46. The Morgan fingerprint density at radius 2 is 2.05 bits per heavy atom. The van der Waals surface area contributed by atoms with Gasteiger partial charge in [0.15, 0.2) is 0 Å². The molecule has 0 aliphatic rings. The van der Waals surface area contributed by atoms with Crippen molar-refractivity contribution in [2.24, 2.45) is 5.73 Å². The molecule has 4 N–H and O–H groups in total. The Hall–Kier alpha value is -1.44. The Balaban J connectivity index is 2.97. The molecule has 0 aliphatic heterocycles. The summed E-state index contributed by atoms with van der Waals surface area (Å²) in [5, 5.41) is 2.60. The smallest absolute Gasteiger partial charge is 0.240 e. The average molecular weight is 285 g/mol. The molecule has 0 heterocycles. The number of carbonyl (C=O) groups is 1. The Morgan fingerprint density at radius 1 is 1.37 bits per heavy atom. The lowest BCUT2D eigenvalue weighted by atomic mass is 10.2. The highest BCUT2D eigenvalue weighted by Gasteiger charge is 2.14. The van der Waals surface area contributed by atoms with Gasteiger partial charge in [0.2, 0.25) is 15.9 Å². The number of nitrogens with two attached hydrogens (primary N) is 1. The van der Waals surface area contributed by atoms with Crippen LogP contribution in [-0.4, -0.2) is 27.4 Å². The van der Waals surface area contributed by atoms with Gasteiger partial charge in [-0.2, -0.15) is 0 Å². The van der Waals surface area contributed by atoms with Crippen molar-refractivity contribution in [3.63, 3.8) is 0 Å². The van der Waals surface area contributed by atoms with Crippen molar-refractivity contribution in [3.8, 4) is 0 Å². The van der Waals surface area contributed by atoms with E-state index in [0.29, 0.717) is 25.2 Å². The predicted octanol–water partition coefficient (Wildman–Crippen LogP) is 0.581. The van der Waals surface area contributed by atoms with Crippen LogP contribution in [0.2, 0.25) is 0 Å². The topological polar surface area (TPSA) is 101 Å². The lowest BCUT2D eigenvalue weighted by Gasteiger charge is -2.10. The largest absolute Gasteiger partial charge is 0.330 e. The number of anilines is 1. The van der Waals surface area contributed by atoms with E-state index in [1.54, 1.807) is 13.0 Å². The van der Waals surface area contributed by atoms with Gasteiger partial charge >= 0.3 is 0 Å². The highest BCUT2D eigenvalue weighted by atomic mass is 32.2. The molecular weight excluding hydrogens is 266 g/mol. The van der Waals surface area contributed by atoms with Crippen molar-refractivity contribution in [2.75, 3.05) is 18.4 Å². The summed E-state index contributed by atoms with van der Waals surface area (Å²) < 4.78 is 26.4. The molecule has 0 saturated heterocycles. The van der Waals surface area contributed by atoms with Gasteiger partial charge in [-0.05, 0) is 37.6 Å². The highest BCUT2D eigenvalue weighted by Crippen LogP contribution is 2.20. The summed E-state index contributed by atoms with van der Waals surface area (Å²) in [4.78, 5) is 11.2. The number of benzene rings is 1. The number of carbonyl (C=O) groups excluding carboxylic acids is 1. The van der Waals surface area contributed by atoms with Crippen LogP contribution in [0.4, 0.5) is 5.69 Å². The summed E-state index contributed by atoms with van der Waals surface area (Å²) in [6.45, 7) is 3.89. The third-order valence-corrected chi connectivity index (χ3v) is 3.96. The summed E-state index contributed by atoms with van der Waals surface area (Å²) in [6, 6.07) is 4.61. The van der Waals surface area contributed by atoms with E-state index in [2.05, 4.69) is 10.0 Å². The first-order chi connectivity index (χ1) is 8.86. The third-order valence-electron chi connectivity index (χ3n) is 2.50. The average Bonchev–Trinajstić information content (AvgIpc) is 2.31. The standard InChI is InChI=1S/C12H19N3O3S/c1-9-4-5-11(8-12(9)15-10(2)16)19(17,18)14-7-3-6-13/h4-5,8,14H,3,6-7,13H2,1-2H3,(H,15,16). The Labute approximate surface area is 113 Å². The first-order valence-electron chi connectivity index (χ1n) is 5.95. The minimum Gasteiger partial charge on any atom is -0.330 e. The molecule has 1 amide bonds. The summed E-state index contributed by atoms with van der Waals surface area (Å²) in [5.74, 6) is -0.242. The molecule has 19 heavy (non-hydrogen) atoms. The molecule has 1 rings (SSSR count). The molecule has 106 valence electrons. The quantitative estimate of drug-likeness (QED) is 0.665. The van der Waals surface area contributed by atoms with Gasteiger partial charge < -0.3 is 11.1 Å². The van der Waals surface area contributed by atoms with E-state index in [0.717, 1.165) is 5.56 Å². The molecule has 0 spiro atoms. The lowest BCUT2D eigenvalue weighted by Crippen LogP contribution is -2.26. The molecule has 1 aromatic rings. The van der Waals surface area contributed by atoms with Crippen LogP contribution in [0.5, 0.6) is 0 Å². The molecule has 0 atom stereocenters. The third kappa shape index (κ3) is 4.62. The predicted molar refractivity (Wildman–Crippen MR) is 74.3 cm³/mol. The molecule has 0 aliphatic carbocycles. The maximum atomic E-state index is 12.0. The SMILES string of the molecule is CC(=O)Nc1cc(S(=O)(=O)NCCCN)ccc1C. The summed E-state index contributed by atoms with van der Waals surface area (Å²) >= 11 is 0. The maximum Gasteiger partial charge on any atom is 0.240 e. The van der Waals surface area contributed by atoms with Crippen LogP contribution in [0.25, 0.3) is 0 Å². The van der Waals surface area contributed by atoms with E-state index < -0.39 is 10.0 Å². The van der Waals surface area contributed by atoms with E-state index in [4.69, 9.17) is 5.73 Å². The van der Waals surface area contributed by atoms with Gasteiger partial charge in [0.25, 0.3) is 0 Å². The molecule has 6 nitrogen and oxygen atoms in total. The minimum atomic E-state index is -3.56. The maximum absolute atomic E-state index is 12.0. The van der Waals surface area contributed by atoms with Gasteiger partial charge in [-0.1, -0.05) is 6.07 Å². The van der Waals surface area contributed by atoms with Crippen LogP contribution >= 0.6 is 0 Å². The summed E-state index contributed by atoms with van der Waals surface area (Å²) in [6.07, 6.45) is 0.573. The fourth-order valence-electron chi connectivity index (χ4n) is 1.48. The van der Waals surface area contributed by atoms with Crippen LogP contribution in [0.3, 0.4) is 0 Å². The molecule has 0 unspecified atom stereocenters. The molecule has 0 aromatic heterocycles. The number of rotatable bonds is 6.